The summed E-state index contributed by atoms with van der Waals surface area (Å²) in [7, 11) is 2.00. The van der Waals surface area contributed by atoms with Gasteiger partial charge in [0.15, 0.2) is 0 Å². The maximum Gasteiger partial charge on any atom is 0.416 e. The minimum Gasteiger partial charge on any atom is -0.497 e. The van der Waals surface area contributed by atoms with Crippen molar-refractivity contribution in [3.8, 4) is 11.5 Å². The molecule has 1 N–H and O–H groups in total. The Labute approximate surface area is 287 Å². The first-order valence-electron chi connectivity index (χ1n) is 15.1. The molecule has 10 nitrogen and oxygen atoms in total. The predicted molar refractivity (Wildman–Crippen MR) is 180 cm³/mol. The average molecular weight is 723 g/mol. The normalized spacial score (nSPS) is 16.8. The highest BCUT2D eigenvalue weighted by Crippen LogP contribution is 2.36. The number of benzene rings is 3. The van der Waals surface area contributed by atoms with Gasteiger partial charge in [-0.15, -0.1) is 0 Å². The number of methoxy groups -OCH3 is 2. The molecule has 3 aromatic carbocycles. The van der Waals surface area contributed by atoms with Crippen LogP contribution in [0.5, 0.6) is 11.5 Å². The fraction of sp³-hybridized carbons (Fsp3) is 0.333. The molecule has 1 aromatic heterocycles. The van der Waals surface area contributed by atoms with Crippen molar-refractivity contribution < 1.29 is 35.5 Å². The molecule has 0 aliphatic carbocycles. The molecule has 1 aliphatic heterocycles. The number of halogens is 5. The molecule has 1 unspecified atom stereocenters. The van der Waals surface area contributed by atoms with Crippen molar-refractivity contribution >= 4 is 38.8 Å². The van der Waals surface area contributed by atoms with Crippen molar-refractivity contribution in [3.05, 3.63) is 95.2 Å². The van der Waals surface area contributed by atoms with Gasteiger partial charge in [0, 0.05) is 54.8 Å². The van der Waals surface area contributed by atoms with Crippen LogP contribution in [0.1, 0.15) is 17.5 Å². The van der Waals surface area contributed by atoms with E-state index in [0.29, 0.717) is 42.3 Å². The lowest BCUT2D eigenvalue weighted by Gasteiger charge is -2.43. The minimum absolute atomic E-state index is 0.00745. The third kappa shape index (κ3) is 7.94. The van der Waals surface area contributed by atoms with Crippen LogP contribution in [0.3, 0.4) is 0 Å². The lowest BCUT2D eigenvalue weighted by Crippen LogP contribution is -2.56. The number of piperidine rings is 1. The molecule has 0 saturated carbocycles. The highest BCUT2D eigenvalue weighted by Gasteiger charge is 2.35. The second kappa shape index (κ2) is 14.6. The predicted octanol–water partition coefficient (Wildman–Crippen LogP) is 6.32. The van der Waals surface area contributed by atoms with Gasteiger partial charge in [-0.05, 0) is 63.0 Å². The standard InChI is InChI=1S/C33H35ClF4N6O4S/c1-42(2)29-19-43(23-7-5-6-22(14-23)33(36,37)38)13-11-27(29)41-28-17-26(35)31(16-25(28)34)49(45,46)44(32-10-12-39-20-40-32)18-21-8-9-24(47-3)15-30(21)48-4/h5-10,12,14-17,20,27,29,41H,11,13,18-19H2,1-4H3/t27?,29-/m0/s1. The lowest BCUT2D eigenvalue weighted by atomic mass is 9.97. The van der Waals surface area contributed by atoms with Crippen LogP contribution in [0.2, 0.25) is 5.02 Å². The average Bonchev–Trinajstić information content (AvgIpc) is 3.08. The van der Waals surface area contributed by atoms with Gasteiger partial charge in [0.2, 0.25) is 0 Å². The van der Waals surface area contributed by atoms with Gasteiger partial charge < -0.3 is 24.6 Å². The fourth-order valence-electron chi connectivity index (χ4n) is 5.75. The van der Waals surface area contributed by atoms with Gasteiger partial charge in [-0.1, -0.05) is 17.7 Å². The zero-order chi connectivity index (χ0) is 35.5. The molecule has 4 aromatic rings. The number of hydrogen-bond donors (Lipinski definition) is 1. The van der Waals surface area contributed by atoms with E-state index in [9.17, 15) is 21.6 Å². The molecule has 49 heavy (non-hydrogen) atoms. The molecule has 0 amide bonds. The number of hydrogen-bond acceptors (Lipinski definition) is 9. The number of nitrogens with zero attached hydrogens (tertiary/aromatic N) is 5. The van der Waals surface area contributed by atoms with Crippen molar-refractivity contribution in [2.45, 2.75) is 36.1 Å². The Hall–Kier alpha value is -4.34. The summed E-state index contributed by atoms with van der Waals surface area (Å²) in [5.74, 6) is -0.209. The quantitative estimate of drug-likeness (QED) is 0.178. The SMILES string of the molecule is COc1ccc(CN(c2ccncn2)S(=O)(=O)c2cc(Cl)c(NC3CCN(c4cccc(C(F)(F)F)c4)C[C@@H]3N(C)C)cc2F)c(OC)c1. The number of ether oxygens (including phenoxy) is 2. The smallest absolute Gasteiger partial charge is 0.416 e. The molecule has 0 bridgehead atoms. The summed E-state index contributed by atoms with van der Waals surface area (Å²) < 4.78 is 95.9. The van der Waals surface area contributed by atoms with Crippen LogP contribution < -0.4 is 24.0 Å². The van der Waals surface area contributed by atoms with E-state index in [4.69, 9.17) is 21.1 Å². The summed E-state index contributed by atoms with van der Waals surface area (Å²) in [6, 6.07) is 13.0. The Kier molecular flexibility index (Phi) is 10.7. The summed E-state index contributed by atoms with van der Waals surface area (Å²) in [4.78, 5) is 11.1. The molecule has 1 saturated heterocycles. The Morgan fingerprint density at radius 3 is 2.49 bits per heavy atom. The van der Waals surface area contributed by atoms with Crippen molar-refractivity contribution in [1.82, 2.24) is 14.9 Å². The van der Waals surface area contributed by atoms with Gasteiger partial charge in [-0.3, -0.25) is 0 Å². The first-order chi connectivity index (χ1) is 23.2. The van der Waals surface area contributed by atoms with E-state index in [0.717, 1.165) is 28.6 Å². The van der Waals surface area contributed by atoms with Crippen LogP contribution in [0.25, 0.3) is 0 Å². The van der Waals surface area contributed by atoms with Crippen LogP contribution in [0.15, 0.2) is 78.1 Å². The molecule has 1 aliphatic rings. The molecule has 5 rings (SSSR count). The highest BCUT2D eigenvalue weighted by molar-refractivity contribution is 7.92. The number of alkyl halides is 3. The molecule has 1 fully saturated rings. The maximum absolute atomic E-state index is 15.9. The molecular formula is C33H35ClF4N6O4S. The van der Waals surface area contributed by atoms with Crippen molar-refractivity contribution in [2.75, 3.05) is 55.9 Å². The van der Waals surface area contributed by atoms with Gasteiger partial charge in [0.1, 0.15) is 34.4 Å². The van der Waals surface area contributed by atoms with E-state index in [2.05, 4.69) is 15.3 Å². The van der Waals surface area contributed by atoms with Crippen molar-refractivity contribution in [3.63, 3.8) is 0 Å². The van der Waals surface area contributed by atoms with Gasteiger partial charge in [0.25, 0.3) is 10.0 Å². The molecule has 0 spiro atoms. The number of rotatable bonds is 11. The zero-order valence-corrected chi connectivity index (χ0v) is 28.7. The van der Waals surface area contributed by atoms with Gasteiger partial charge in [0.05, 0.1) is 37.0 Å². The van der Waals surface area contributed by atoms with E-state index in [1.54, 1.807) is 24.3 Å². The Morgan fingerprint density at radius 2 is 1.84 bits per heavy atom. The van der Waals surface area contributed by atoms with Gasteiger partial charge in [-0.2, -0.15) is 13.2 Å². The fourth-order valence-corrected chi connectivity index (χ4v) is 7.51. The summed E-state index contributed by atoms with van der Waals surface area (Å²) >= 11 is 6.63. The summed E-state index contributed by atoms with van der Waals surface area (Å²) in [5.41, 5.74) is 0.346. The number of nitrogens with one attached hydrogen (secondary N) is 1. The van der Waals surface area contributed by atoms with Crippen molar-refractivity contribution in [1.29, 1.82) is 0 Å². The van der Waals surface area contributed by atoms with Gasteiger partial charge >= 0.3 is 6.18 Å². The topological polar surface area (TPSA) is 100 Å². The third-order valence-electron chi connectivity index (χ3n) is 8.34. The second-order valence-corrected chi connectivity index (χ2v) is 13.8. The highest BCUT2D eigenvalue weighted by atomic mass is 35.5. The lowest BCUT2D eigenvalue weighted by molar-refractivity contribution is -0.137. The maximum atomic E-state index is 15.9. The van der Waals surface area contributed by atoms with Crippen LogP contribution in [-0.4, -0.2) is 76.8 Å². The Bertz CT molecular complexity index is 1890. The third-order valence-corrected chi connectivity index (χ3v) is 10.4. The molecular weight excluding hydrogens is 688 g/mol. The summed E-state index contributed by atoms with van der Waals surface area (Å²) in [6.45, 7) is 0.526. The monoisotopic (exact) mass is 722 g/mol. The molecule has 16 heteroatoms. The van der Waals surface area contributed by atoms with E-state index >= 15 is 4.39 Å². The molecule has 0 radical (unpaired) electrons. The number of likely N-dealkylation sites (N-methyl/N-ethyl adjacent to an activating group) is 1. The van der Waals surface area contributed by atoms with E-state index in [-0.39, 0.29) is 35.2 Å². The Morgan fingerprint density at radius 1 is 1.06 bits per heavy atom. The first-order valence-corrected chi connectivity index (χ1v) is 16.9. The van der Waals surface area contributed by atoms with E-state index < -0.39 is 32.5 Å². The van der Waals surface area contributed by atoms with Crippen LogP contribution in [0.4, 0.5) is 34.8 Å². The molecule has 2 atom stereocenters. The van der Waals surface area contributed by atoms with Crippen LogP contribution >= 0.6 is 11.6 Å². The molecule has 262 valence electrons. The van der Waals surface area contributed by atoms with Crippen molar-refractivity contribution in [2.24, 2.45) is 0 Å². The largest absolute Gasteiger partial charge is 0.497 e. The zero-order valence-electron chi connectivity index (χ0n) is 27.1. The second-order valence-electron chi connectivity index (χ2n) is 11.6. The molecule has 2 heterocycles. The van der Waals surface area contributed by atoms with Crippen LogP contribution in [-0.2, 0) is 22.7 Å². The summed E-state index contributed by atoms with van der Waals surface area (Å²) in [5, 5.41) is 3.22. The Balaban J connectivity index is 1.42. The van der Waals surface area contributed by atoms with Crippen LogP contribution in [0, 0.1) is 5.82 Å². The number of aromatic nitrogens is 2. The number of anilines is 3. The minimum atomic E-state index is -4.60. The van der Waals surface area contributed by atoms with E-state index in [1.807, 2.05) is 23.9 Å². The van der Waals surface area contributed by atoms with E-state index in [1.165, 1.54) is 38.9 Å². The number of sulfonamides is 1. The summed E-state index contributed by atoms with van der Waals surface area (Å²) in [6.07, 6.45) is -1.45. The van der Waals surface area contributed by atoms with Gasteiger partial charge in [-0.25, -0.2) is 27.1 Å². The first kappa shape index (κ1) is 36.0.